The number of benzene rings is 4. The van der Waals surface area contributed by atoms with Crippen molar-refractivity contribution in [2.24, 2.45) is 0 Å². The van der Waals surface area contributed by atoms with E-state index in [1.807, 2.05) is 17.4 Å². The number of fused-ring (bicyclic) bond motifs is 5. The lowest BCUT2D eigenvalue weighted by atomic mass is 10.0. The summed E-state index contributed by atoms with van der Waals surface area (Å²) in [6.45, 7) is 0. The summed E-state index contributed by atoms with van der Waals surface area (Å²) in [5.74, 6) is 0. The van der Waals surface area contributed by atoms with E-state index >= 15 is 0 Å². The molecule has 1 N–H and O–H groups in total. The van der Waals surface area contributed by atoms with Crippen molar-refractivity contribution in [3.05, 3.63) is 84.9 Å². The molecule has 0 bridgehead atoms. The van der Waals surface area contributed by atoms with Gasteiger partial charge in [0.2, 0.25) is 0 Å². The largest absolute Gasteiger partial charge is 0.354 e. The highest BCUT2D eigenvalue weighted by atomic mass is 32.1. The number of hydrogen-bond acceptors (Lipinski definition) is 2. The van der Waals surface area contributed by atoms with E-state index in [1.165, 1.54) is 36.6 Å². The van der Waals surface area contributed by atoms with Crippen LogP contribution in [0.1, 0.15) is 0 Å². The van der Waals surface area contributed by atoms with Gasteiger partial charge in [0.1, 0.15) is 0 Å². The first-order valence-electron chi connectivity index (χ1n) is 8.05. The standard InChI is InChI=1S/C22H15NS/c1-2-8-16(9-3-1)23-19-12-6-11-18-21-17-10-5-4-7-15(17)13-14-20(21)24-22(18)19/h1-14,23H. The molecule has 2 heteroatoms. The topological polar surface area (TPSA) is 12.0 Å². The second-order valence-corrected chi connectivity index (χ2v) is 6.99. The van der Waals surface area contributed by atoms with Crippen molar-refractivity contribution in [2.45, 2.75) is 0 Å². The van der Waals surface area contributed by atoms with E-state index in [-0.39, 0.29) is 0 Å². The lowest BCUT2D eigenvalue weighted by molar-refractivity contribution is 1.59. The number of nitrogens with one attached hydrogen (secondary N) is 1. The van der Waals surface area contributed by atoms with Gasteiger partial charge in [-0.05, 0) is 35.0 Å². The number of thiophene rings is 1. The maximum absolute atomic E-state index is 3.57. The molecule has 0 spiro atoms. The summed E-state index contributed by atoms with van der Waals surface area (Å²) in [7, 11) is 0. The van der Waals surface area contributed by atoms with E-state index in [0.29, 0.717) is 0 Å². The van der Waals surface area contributed by atoms with Gasteiger partial charge in [-0.2, -0.15) is 0 Å². The minimum Gasteiger partial charge on any atom is -0.354 e. The van der Waals surface area contributed by atoms with Gasteiger partial charge in [-0.1, -0.05) is 60.7 Å². The second-order valence-electron chi connectivity index (χ2n) is 5.94. The van der Waals surface area contributed by atoms with Crippen molar-refractivity contribution < 1.29 is 0 Å². The van der Waals surface area contributed by atoms with Crippen LogP contribution >= 0.6 is 11.3 Å². The molecule has 0 atom stereocenters. The molecule has 5 aromatic rings. The fourth-order valence-electron chi connectivity index (χ4n) is 3.34. The third-order valence-corrected chi connectivity index (χ3v) is 5.64. The van der Waals surface area contributed by atoms with Gasteiger partial charge in [0.25, 0.3) is 0 Å². The summed E-state index contributed by atoms with van der Waals surface area (Å²) >= 11 is 1.86. The molecule has 5 rings (SSSR count). The van der Waals surface area contributed by atoms with Crippen LogP contribution in [0.25, 0.3) is 30.9 Å². The molecule has 1 aromatic heterocycles. The van der Waals surface area contributed by atoms with Crippen LogP contribution in [0.4, 0.5) is 11.4 Å². The predicted molar refractivity (Wildman–Crippen MR) is 107 cm³/mol. The number of rotatable bonds is 2. The Labute approximate surface area is 144 Å². The van der Waals surface area contributed by atoms with Crippen molar-refractivity contribution in [1.29, 1.82) is 0 Å². The highest BCUT2D eigenvalue weighted by Crippen LogP contribution is 2.42. The first kappa shape index (κ1) is 13.6. The molecule has 0 aliphatic carbocycles. The SMILES string of the molecule is c1ccc(Nc2cccc3c2sc2ccc4ccccc4c23)cc1. The Hall–Kier alpha value is -2.84. The van der Waals surface area contributed by atoms with E-state index < -0.39 is 0 Å². The zero-order valence-corrected chi connectivity index (χ0v) is 13.8. The van der Waals surface area contributed by atoms with Gasteiger partial charge in [0.05, 0.1) is 10.4 Å². The van der Waals surface area contributed by atoms with Crippen LogP contribution in [0.3, 0.4) is 0 Å². The van der Waals surface area contributed by atoms with Crippen molar-refractivity contribution >= 4 is 53.7 Å². The zero-order valence-electron chi connectivity index (χ0n) is 13.0. The van der Waals surface area contributed by atoms with Gasteiger partial charge in [0.15, 0.2) is 0 Å². The van der Waals surface area contributed by atoms with Crippen LogP contribution in [0.5, 0.6) is 0 Å². The second kappa shape index (κ2) is 5.36. The van der Waals surface area contributed by atoms with Gasteiger partial charge in [-0.3, -0.25) is 0 Å². The molecular weight excluding hydrogens is 310 g/mol. The Morgan fingerprint density at radius 2 is 1.42 bits per heavy atom. The Morgan fingerprint density at radius 3 is 2.33 bits per heavy atom. The smallest absolute Gasteiger partial charge is 0.0590 e. The quantitative estimate of drug-likeness (QED) is 0.370. The summed E-state index contributed by atoms with van der Waals surface area (Å²) in [5, 5.41) is 8.89. The van der Waals surface area contributed by atoms with E-state index in [0.717, 1.165) is 5.69 Å². The molecular formula is C22H15NS. The maximum Gasteiger partial charge on any atom is 0.0590 e. The molecule has 0 amide bonds. The molecule has 0 saturated heterocycles. The van der Waals surface area contributed by atoms with Crippen LogP contribution in [0, 0.1) is 0 Å². The number of hydrogen-bond donors (Lipinski definition) is 1. The summed E-state index contributed by atoms with van der Waals surface area (Å²) in [6.07, 6.45) is 0. The van der Waals surface area contributed by atoms with Crippen LogP contribution in [-0.2, 0) is 0 Å². The highest BCUT2D eigenvalue weighted by Gasteiger charge is 2.11. The summed E-state index contributed by atoms with van der Waals surface area (Å²) in [5.41, 5.74) is 2.29. The van der Waals surface area contributed by atoms with Crippen LogP contribution in [-0.4, -0.2) is 0 Å². The van der Waals surface area contributed by atoms with E-state index in [2.05, 4.69) is 84.2 Å². The monoisotopic (exact) mass is 325 g/mol. The van der Waals surface area contributed by atoms with Gasteiger partial charge in [-0.25, -0.2) is 0 Å². The fraction of sp³-hybridized carbons (Fsp3) is 0. The van der Waals surface area contributed by atoms with E-state index in [4.69, 9.17) is 0 Å². The molecule has 1 heterocycles. The van der Waals surface area contributed by atoms with Crippen LogP contribution in [0.15, 0.2) is 84.9 Å². The van der Waals surface area contributed by atoms with Crippen molar-refractivity contribution in [1.82, 2.24) is 0 Å². The third kappa shape index (κ3) is 2.08. The lowest BCUT2D eigenvalue weighted by Crippen LogP contribution is -1.89. The molecule has 0 aliphatic heterocycles. The van der Waals surface area contributed by atoms with Crippen LogP contribution in [0.2, 0.25) is 0 Å². The van der Waals surface area contributed by atoms with E-state index in [1.54, 1.807) is 0 Å². The molecule has 0 unspecified atom stereocenters. The summed E-state index contributed by atoms with van der Waals surface area (Å²) in [6, 6.07) is 30.0. The van der Waals surface area contributed by atoms with E-state index in [9.17, 15) is 0 Å². The normalized spacial score (nSPS) is 11.3. The predicted octanol–water partition coefficient (Wildman–Crippen LogP) is 6.95. The number of anilines is 2. The molecule has 0 aliphatic rings. The molecule has 114 valence electrons. The Morgan fingerprint density at radius 1 is 0.625 bits per heavy atom. The van der Waals surface area contributed by atoms with Crippen molar-refractivity contribution in [3.63, 3.8) is 0 Å². The van der Waals surface area contributed by atoms with Gasteiger partial charge >= 0.3 is 0 Å². The Balaban J connectivity index is 1.80. The van der Waals surface area contributed by atoms with Crippen LogP contribution < -0.4 is 5.32 Å². The molecule has 1 nitrogen and oxygen atoms in total. The van der Waals surface area contributed by atoms with Gasteiger partial charge in [0, 0.05) is 21.2 Å². The fourth-order valence-corrected chi connectivity index (χ4v) is 4.53. The average Bonchev–Trinajstić information content (AvgIpc) is 3.03. The van der Waals surface area contributed by atoms with Crippen molar-refractivity contribution in [2.75, 3.05) is 5.32 Å². The molecule has 4 aromatic carbocycles. The minimum absolute atomic E-state index is 1.12. The third-order valence-electron chi connectivity index (χ3n) is 4.44. The zero-order chi connectivity index (χ0) is 15.9. The van der Waals surface area contributed by atoms with Gasteiger partial charge < -0.3 is 5.32 Å². The molecule has 0 radical (unpaired) electrons. The minimum atomic E-state index is 1.12. The first-order chi connectivity index (χ1) is 11.9. The average molecular weight is 325 g/mol. The lowest BCUT2D eigenvalue weighted by Gasteiger charge is -2.07. The summed E-state index contributed by atoms with van der Waals surface area (Å²) < 4.78 is 2.65. The van der Waals surface area contributed by atoms with Gasteiger partial charge in [-0.15, -0.1) is 11.3 Å². The Bertz CT molecular complexity index is 1170. The maximum atomic E-state index is 3.57. The summed E-state index contributed by atoms with van der Waals surface area (Å²) in [4.78, 5) is 0. The highest BCUT2D eigenvalue weighted by molar-refractivity contribution is 7.26. The van der Waals surface area contributed by atoms with Crippen molar-refractivity contribution in [3.8, 4) is 0 Å². The molecule has 0 saturated carbocycles. The molecule has 0 fully saturated rings. The molecule has 24 heavy (non-hydrogen) atoms. The Kier molecular flexibility index (Phi) is 3.03. The number of para-hydroxylation sites is 1. The first-order valence-corrected chi connectivity index (χ1v) is 8.87.